The lowest BCUT2D eigenvalue weighted by Crippen LogP contribution is -1.84. The molecule has 0 N–H and O–H groups in total. The normalized spacial score (nSPS) is 10.5. The van der Waals surface area contributed by atoms with Crippen LogP contribution in [0.4, 0.5) is 0 Å². The molecule has 0 bridgehead atoms. The molecule has 0 aliphatic carbocycles. The average Bonchev–Trinajstić information content (AvgIpc) is 2.56. The van der Waals surface area contributed by atoms with Crippen molar-refractivity contribution >= 4 is 27.3 Å². The van der Waals surface area contributed by atoms with Crippen molar-refractivity contribution in [3.63, 3.8) is 0 Å². The molecule has 0 spiro atoms. The molecule has 0 radical (unpaired) electrons. The van der Waals surface area contributed by atoms with E-state index in [1.165, 1.54) is 16.7 Å². The fourth-order valence-electron chi connectivity index (χ4n) is 1.39. The molecule has 0 unspecified atom stereocenters. The molecule has 1 aromatic heterocycles. The Bertz CT molecular complexity index is 462. The van der Waals surface area contributed by atoms with Gasteiger partial charge in [0, 0.05) is 10.9 Å². The molecule has 1 nitrogen and oxygen atoms in total. The summed E-state index contributed by atoms with van der Waals surface area (Å²) in [6.45, 7) is 4.21. The average molecular weight is 268 g/mol. The van der Waals surface area contributed by atoms with Crippen LogP contribution in [0.25, 0.3) is 11.3 Å². The largest absolute Gasteiger partial charge is 0.229 e. The van der Waals surface area contributed by atoms with Crippen molar-refractivity contribution in [1.82, 2.24) is 4.98 Å². The van der Waals surface area contributed by atoms with Gasteiger partial charge in [0.1, 0.15) is 0 Å². The number of aryl methyl sites for hydroxylation is 2. The van der Waals surface area contributed by atoms with Gasteiger partial charge in [-0.3, -0.25) is 0 Å². The van der Waals surface area contributed by atoms with Crippen LogP contribution in [0, 0.1) is 13.8 Å². The molecule has 14 heavy (non-hydrogen) atoms. The van der Waals surface area contributed by atoms with E-state index in [-0.39, 0.29) is 0 Å². The van der Waals surface area contributed by atoms with E-state index in [4.69, 9.17) is 0 Å². The number of halogens is 1. The first kappa shape index (κ1) is 9.87. The molecular weight excluding hydrogens is 258 g/mol. The number of hydrogen-bond donors (Lipinski definition) is 0. The molecule has 1 heterocycles. The lowest BCUT2D eigenvalue weighted by Gasteiger charge is -2.03. The van der Waals surface area contributed by atoms with Crippen molar-refractivity contribution in [2.75, 3.05) is 0 Å². The van der Waals surface area contributed by atoms with E-state index in [0.29, 0.717) is 0 Å². The van der Waals surface area contributed by atoms with Gasteiger partial charge in [-0.2, -0.15) is 0 Å². The van der Waals surface area contributed by atoms with E-state index in [1.54, 1.807) is 11.3 Å². The van der Waals surface area contributed by atoms with Crippen LogP contribution < -0.4 is 0 Å². The van der Waals surface area contributed by atoms with Crippen LogP contribution in [-0.4, -0.2) is 4.98 Å². The maximum absolute atomic E-state index is 4.42. The van der Waals surface area contributed by atoms with Crippen LogP contribution in [0.3, 0.4) is 0 Å². The van der Waals surface area contributed by atoms with E-state index < -0.39 is 0 Å². The number of benzene rings is 1. The molecule has 0 fully saturated rings. The van der Waals surface area contributed by atoms with Crippen molar-refractivity contribution in [2.45, 2.75) is 13.8 Å². The minimum absolute atomic E-state index is 0.938. The van der Waals surface area contributed by atoms with E-state index >= 15 is 0 Å². The van der Waals surface area contributed by atoms with Gasteiger partial charge in [-0.25, -0.2) is 4.98 Å². The van der Waals surface area contributed by atoms with Gasteiger partial charge >= 0.3 is 0 Å². The summed E-state index contributed by atoms with van der Waals surface area (Å²) < 4.78 is 0.938. The fraction of sp³-hybridized carbons (Fsp3) is 0.182. The second kappa shape index (κ2) is 3.83. The van der Waals surface area contributed by atoms with E-state index in [9.17, 15) is 0 Å². The van der Waals surface area contributed by atoms with Gasteiger partial charge in [-0.05, 0) is 41.4 Å². The lowest BCUT2D eigenvalue weighted by atomic mass is 10.0. The van der Waals surface area contributed by atoms with Gasteiger partial charge in [0.25, 0.3) is 0 Å². The van der Waals surface area contributed by atoms with Gasteiger partial charge < -0.3 is 0 Å². The molecule has 0 saturated carbocycles. The molecular formula is C11H10BrNS. The van der Waals surface area contributed by atoms with Crippen LogP contribution in [0.15, 0.2) is 27.5 Å². The van der Waals surface area contributed by atoms with E-state index in [2.05, 4.69) is 58.3 Å². The van der Waals surface area contributed by atoms with Crippen LogP contribution in [0.1, 0.15) is 11.1 Å². The third kappa shape index (κ3) is 1.88. The summed E-state index contributed by atoms with van der Waals surface area (Å²) in [6.07, 6.45) is 0. The maximum atomic E-state index is 4.42. The molecule has 3 heteroatoms. The number of aromatic nitrogens is 1. The van der Waals surface area contributed by atoms with Crippen molar-refractivity contribution in [3.8, 4) is 11.3 Å². The highest BCUT2D eigenvalue weighted by atomic mass is 79.9. The summed E-state index contributed by atoms with van der Waals surface area (Å²) in [6, 6.07) is 6.44. The topological polar surface area (TPSA) is 12.9 Å². The van der Waals surface area contributed by atoms with Gasteiger partial charge in [-0.1, -0.05) is 17.7 Å². The molecule has 72 valence electrons. The first-order chi connectivity index (χ1) is 6.66. The summed E-state index contributed by atoms with van der Waals surface area (Å²) >= 11 is 5.00. The second-order valence-corrected chi connectivity index (χ2v) is 5.44. The number of hydrogen-bond acceptors (Lipinski definition) is 2. The Hall–Kier alpha value is -0.670. The van der Waals surface area contributed by atoms with Crippen molar-refractivity contribution in [3.05, 3.63) is 38.6 Å². The molecule has 0 aliphatic rings. The highest BCUT2D eigenvalue weighted by molar-refractivity contribution is 9.11. The number of nitrogens with zero attached hydrogens (tertiary/aromatic N) is 1. The molecule has 2 rings (SSSR count). The smallest absolute Gasteiger partial charge is 0.159 e. The summed E-state index contributed by atoms with van der Waals surface area (Å²) in [4.78, 5) is 4.42. The Morgan fingerprint density at radius 1 is 1.29 bits per heavy atom. The zero-order valence-corrected chi connectivity index (χ0v) is 10.4. The Kier molecular flexibility index (Phi) is 2.70. The first-order valence-corrected chi connectivity index (χ1v) is 6.03. The molecule has 1 aromatic carbocycles. The molecule has 0 atom stereocenters. The summed E-state index contributed by atoms with van der Waals surface area (Å²) in [5, 5.41) is 2.08. The standard InChI is InChI=1S/C11H10BrNS/c1-7-3-4-8(2)9(5-7)10-6-14-11(12)13-10/h3-6H,1-2H3. The van der Waals surface area contributed by atoms with Crippen LogP contribution in [0.2, 0.25) is 0 Å². The van der Waals surface area contributed by atoms with Crippen molar-refractivity contribution < 1.29 is 0 Å². The third-order valence-electron chi connectivity index (χ3n) is 2.15. The Morgan fingerprint density at radius 2 is 2.07 bits per heavy atom. The highest BCUT2D eigenvalue weighted by Gasteiger charge is 2.05. The van der Waals surface area contributed by atoms with Gasteiger partial charge in [0.05, 0.1) is 5.69 Å². The lowest BCUT2D eigenvalue weighted by molar-refractivity contribution is 1.32. The van der Waals surface area contributed by atoms with E-state index in [0.717, 1.165) is 9.61 Å². The fourth-order valence-corrected chi connectivity index (χ4v) is 2.40. The van der Waals surface area contributed by atoms with Gasteiger partial charge in [-0.15, -0.1) is 11.3 Å². The monoisotopic (exact) mass is 267 g/mol. The first-order valence-electron chi connectivity index (χ1n) is 4.35. The molecule has 0 aliphatic heterocycles. The molecule has 0 saturated heterocycles. The number of rotatable bonds is 1. The predicted molar refractivity (Wildman–Crippen MR) is 64.7 cm³/mol. The summed E-state index contributed by atoms with van der Waals surface area (Å²) in [5.41, 5.74) is 4.83. The summed E-state index contributed by atoms with van der Waals surface area (Å²) in [5.74, 6) is 0. The quantitative estimate of drug-likeness (QED) is 0.755. The van der Waals surface area contributed by atoms with Crippen molar-refractivity contribution in [2.24, 2.45) is 0 Å². The van der Waals surface area contributed by atoms with Crippen LogP contribution in [-0.2, 0) is 0 Å². The maximum Gasteiger partial charge on any atom is 0.159 e. The molecule has 2 aromatic rings. The minimum Gasteiger partial charge on any atom is -0.229 e. The zero-order chi connectivity index (χ0) is 10.1. The van der Waals surface area contributed by atoms with E-state index in [1.807, 2.05) is 0 Å². The summed E-state index contributed by atoms with van der Waals surface area (Å²) in [7, 11) is 0. The second-order valence-electron chi connectivity index (χ2n) is 3.30. The number of thiazole rings is 1. The Labute approximate surface area is 95.9 Å². The SMILES string of the molecule is Cc1ccc(C)c(-c2csc(Br)n2)c1. The predicted octanol–water partition coefficient (Wildman–Crippen LogP) is 4.19. The van der Waals surface area contributed by atoms with Crippen LogP contribution in [0.5, 0.6) is 0 Å². The van der Waals surface area contributed by atoms with Gasteiger partial charge in [0.2, 0.25) is 0 Å². The minimum atomic E-state index is 0.938. The third-order valence-corrected chi connectivity index (χ3v) is 3.51. The highest BCUT2D eigenvalue weighted by Crippen LogP contribution is 2.27. The Balaban J connectivity index is 2.55. The van der Waals surface area contributed by atoms with Crippen molar-refractivity contribution in [1.29, 1.82) is 0 Å². The molecule has 0 amide bonds. The van der Waals surface area contributed by atoms with Crippen LogP contribution >= 0.6 is 27.3 Å². The zero-order valence-electron chi connectivity index (χ0n) is 8.04. The van der Waals surface area contributed by atoms with Gasteiger partial charge in [0.15, 0.2) is 3.92 Å². The Morgan fingerprint density at radius 3 is 2.71 bits per heavy atom.